The van der Waals surface area contributed by atoms with Gasteiger partial charge in [0, 0.05) is 42.9 Å². The van der Waals surface area contributed by atoms with E-state index in [1.165, 1.54) is 25.1 Å². The lowest BCUT2D eigenvalue weighted by Crippen LogP contribution is -2.40. The van der Waals surface area contributed by atoms with E-state index >= 15 is 0 Å². The van der Waals surface area contributed by atoms with Crippen molar-refractivity contribution in [2.45, 2.75) is 69.9 Å². The van der Waals surface area contributed by atoms with Gasteiger partial charge < -0.3 is 21.1 Å². The van der Waals surface area contributed by atoms with Gasteiger partial charge in [0.2, 0.25) is 0 Å². The summed E-state index contributed by atoms with van der Waals surface area (Å²) in [7, 11) is -3.65. The third-order valence-electron chi connectivity index (χ3n) is 6.39. The smallest absolute Gasteiger partial charge is 0.416 e. The SMILES string of the molecule is CCS(=O)(=O)c1ccc(Cl)cc1CNC(=O)c1cc(C(F)(F)F)c(CN2CC[C@H](NC(=O)OC(C)(C)C)C2)cc1N. The first-order valence-electron chi connectivity index (χ1n) is 12.9. The van der Waals surface area contributed by atoms with Crippen LogP contribution in [0.25, 0.3) is 0 Å². The van der Waals surface area contributed by atoms with Crippen molar-refractivity contribution in [3.8, 4) is 0 Å². The lowest BCUT2D eigenvalue weighted by Gasteiger charge is -2.23. The Kier molecular flexibility index (Phi) is 9.87. The summed E-state index contributed by atoms with van der Waals surface area (Å²) in [5.74, 6) is -1.09. The summed E-state index contributed by atoms with van der Waals surface area (Å²) in [5, 5.41) is 5.42. The predicted octanol–water partition coefficient (Wildman–Crippen LogP) is 4.76. The molecule has 2 aromatic rings. The van der Waals surface area contributed by atoms with Crippen LogP contribution in [-0.2, 0) is 33.8 Å². The highest BCUT2D eigenvalue weighted by atomic mass is 35.5. The molecule has 3 rings (SSSR count). The van der Waals surface area contributed by atoms with Gasteiger partial charge in [0.15, 0.2) is 9.84 Å². The van der Waals surface area contributed by atoms with Gasteiger partial charge in [0.25, 0.3) is 5.91 Å². The molecule has 1 aliphatic heterocycles. The summed E-state index contributed by atoms with van der Waals surface area (Å²) in [5.41, 5.74) is 3.86. The van der Waals surface area contributed by atoms with E-state index in [0.29, 0.717) is 25.6 Å². The lowest BCUT2D eigenvalue weighted by atomic mass is 10.00. The number of benzene rings is 2. The number of carbonyl (C=O) groups excluding carboxylic acids is 2. The first kappa shape index (κ1) is 32.5. The van der Waals surface area contributed by atoms with Gasteiger partial charge in [-0.1, -0.05) is 18.5 Å². The van der Waals surface area contributed by atoms with E-state index in [9.17, 15) is 31.2 Å². The number of nitrogens with one attached hydrogen (secondary N) is 2. The molecule has 0 saturated carbocycles. The Balaban J connectivity index is 1.77. The Morgan fingerprint density at radius 2 is 1.83 bits per heavy atom. The van der Waals surface area contributed by atoms with Crippen molar-refractivity contribution in [3.63, 3.8) is 0 Å². The molecule has 41 heavy (non-hydrogen) atoms. The largest absolute Gasteiger partial charge is 0.444 e. The zero-order valence-electron chi connectivity index (χ0n) is 23.2. The van der Waals surface area contributed by atoms with E-state index in [-0.39, 0.29) is 51.6 Å². The number of nitrogens with two attached hydrogens (primary N) is 1. The Bertz CT molecular complexity index is 1410. The third-order valence-corrected chi connectivity index (χ3v) is 8.45. The minimum absolute atomic E-state index is 0.0333. The minimum Gasteiger partial charge on any atom is -0.444 e. The molecular weight excluding hydrogens is 585 g/mol. The maximum Gasteiger partial charge on any atom is 0.416 e. The summed E-state index contributed by atoms with van der Waals surface area (Å²) in [6.07, 6.45) is -4.85. The van der Waals surface area contributed by atoms with Gasteiger partial charge in [-0.25, -0.2) is 13.2 Å². The number of alkyl halides is 3. The molecule has 226 valence electrons. The van der Waals surface area contributed by atoms with Crippen LogP contribution in [0.5, 0.6) is 0 Å². The van der Waals surface area contributed by atoms with Gasteiger partial charge >= 0.3 is 12.3 Å². The third kappa shape index (κ3) is 8.73. The topological polar surface area (TPSA) is 131 Å². The minimum atomic E-state index is -4.78. The molecule has 1 aliphatic rings. The van der Waals surface area contributed by atoms with Crippen molar-refractivity contribution in [2.24, 2.45) is 0 Å². The lowest BCUT2D eigenvalue weighted by molar-refractivity contribution is -0.138. The van der Waals surface area contributed by atoms with Crippen LogP contribution in [0.4, 0.5) is 23.7 Å². The van der Waals surface area contributed by atoms with Crippen LogP contribution in [0.2, 0.25) is 5.02 Å². The highest BCUT2D eigenvalue weighted by molar-refractivity contribution is 7.91. The van der Waals surface area contributed by atoms with Crippen molar-refractivity contribution in [1.29, 1.82) is 0 Å². The average Bonchev–Trinajstić information content (AvgIpc) is 3.26. The van der Waals surface area contributed by atoms with Crippen LogP contribution in [0, 0.1) is 0 Å². The summed E-state index contributed by atoms with van der Waals surface area (Å²) >= 11 is 6.00. The Hall–Kier alpha value is -3.03. The molecule has 14 heteroatoms. The number of anilines is 1. The zero-order valence-corrected chi connectivity index (χ0v) is 24.8. The number of carbonyl (C=O) groups is 2. The normalized spacial score (nSPS) is 16.4. The van der Waals surface area contributed by atoms with Crippen molar-refractivity contribution in [3.05, 3.63) is 57.6 Å². The van der Waals surface area contributed by atoms with Crippen LogP contribution in [-0.4, -0.2) is 55.8 Å². The maximum absolute atomic E-state index is 14.1. The fourth-order valence-corrected chi connectivity index (χ4v) is 5.79. The van der Waals surface area contributed by atoms with Crippen LogP contribution in [0.3, 0.4) is 0 Å². The van der Waals surface area contributed by atoms with Crippen LogP contribution >= 0.6 is 11.6 Å². The molecule has 0 radical (unpaired) electrons. The number of hydrogen-bond donors (Lipinski definition) is 3. The molecule has 0 spiro atoms. The number of nitrogens with zero attached hydrogens (tertiary/aromatic N) is 1. The predicted molar refractivity (Wildman–Crippen MR) is 149 cm³/mol. The van der Waals surface area contributed by atoms with Crippen LogP contribution in [0.1, 0.15) is 61.2 Å². The molecule has 2 amide bonds. The summed E-state index contributed by atoms with van der Waals surface area (Å²) in [6, 6.07) is 5.62. The Labute approximate surface area is 242 Å². The number of halogens is 4. The number of amides is 2. The number of nitrogen functional groups attached to an aromatic ring is 1. The first-order valence-corrected chi connectivity index (χ1v) is 14.9. The Morgan fingerprint density at radius 3 is 2.44 bits per heavy atom. The number of alkyl carbamates (subject to hydrolysis) is 1. The summed E-state index contributed by atoms with van der Waals surface area (Å²) < 4.78 is 72.3. The van der Waals surface area contributed by atoms with Gasteiger partial charge in [-0.3, -0.25) is 9.69 Å². The molecule has 0 bridgehead atoms. The molecular formula is C27H34ClF3N4O5S. The Morgan fingerprint density at radius 1 is 1.15 bits per heavy atom. The van der Waals surface area contributed by atoms with Crippen LogP contribution in [0.15, 0.2) is 35.2 Å². The molecule has 1 fully saturated rings. The quantitative estimate of drug-likeness (QED) is 0.364. The highest BCUT2D eigenvalue weighted by Crippen LogP contribution is 2.36. The van der Waals surface area contributed by atoms with Gasteiger partial charge in [-0.2, -0.15) is 13.2 Å². The molecule has 1 heterocycles. The summed E-state index contributed by atoms with van der Waals surface area (Å²) in [6.45, 7) is 6.99. The highest BCUT2D eigenvalue weighted by Gasteiger charge is 2.36. The standard InChI is InChI=1S/C27H34ClF3N4O5S/c1-5-41(38,39)23-7-6-18(28)10-16(23)13-33-24(36)20-12-21(27(29,30)31)17(11-22(20)32)14-35-9-8-19(15-35)34-25(37)40-26(2,3)4/h6-7,10-12,19H,5,8-9,13-15,32H2,1-4H3,(H,33,36)(H,34,37)/t19-/m0/s1. The van der Waals surface area contributed by atoms with Crippen molar-refractivity contribution in [2.75, 3.05) is 24.6 Å². The molecule has 0 unspecified atom stereocenters. The van der Waals surface area contributed by atoms with Crippen LogP contribution < -0.4 is 16.4 Å². The number of likely N-dealkylation sites (tertiary alicyclic amines) is 1. The molecule has 0 aliphatic carbocycles. The van der Waals surface area contributed by atoms with Crippen molar-refractivity contribution < 1.29 is 35.9 Å². The van der Waals surface area contributed by atoms with E-state index < -0.39 is 44.7 Å². The second-order valence-electron chi connectivity index (χ2n) is 10.8. The molecule has 0 aromatic heterocycles. The number of sulfone groups is 1. The van der Waals surface area contributed by atoms with Gasteiger partial charge in [-0.15, -0.1) is 0 Å². The van der Waals surface area contributed by atoms with Gasteiger partial charge in [-0.05, 0) is 68.7 Å². The van der Waals surface area contributed by atoms with E-state index in [4.69, 9.17) is 22.1 Å². The van der Waals surface area contributed by atoms with E-state index in [1.54, 1.807) is 25.7 Å². The second-order valence-corrected chi connectivity index (χ2v) is 13.5. The number of rotatable bonds is 8. The average molecular weight is 619 g/mol. The molecule has 9 nitrogen and oxygen atoms in total. The van der Waals surface area contributed by atoms with Gasteiger partial charge in [0.1, 0.15) is 5.60 Å². The zero-order chi connectivity index (χ0) is 30.8. The molecule has 1 atom stereocenters. The van der Waals surface area contributed by atoms with E-state index in [2.05, 4.69) is 10.6 Å². The van der Waals surface area contributed by atoms with Crippen molar-refractivity contribution >= 4 is 39.1 Å². The van der Waals surface area contributed by atoms with E-state index in [0.717, 1.165) is 6.07 Å². The van der Waals surface area contributed by atoms with Gasteiger partial charge in [0.05, 0.1) is 21.8 Å². The molecule has 1 saturated heterocycles. The number of ether oxygens (including phenoxy) is 1. The molecule has 4 N–H and O–H groups in total. The molecule has 2 aromatic carbocycles. The maximum atomic E-state index is 14.1. The summed E-state index contributed by atoms with van der Waals surface area (Å²) in [4.78, 5) is 26.7. The van der Waals surface area contributed by atoms with E-state index in [1.807, 2.05) is 0 Å². The fraction of sp³-hybridized carbons (Fsp3) is 0.481. The number of hydrogen-bond acceptors (Lipinski definition) is 7. The fourth-order valence-electron chi connectivity index (χ4n) is 4.48. The monoisotopic (exact) mass is 618 g/mol. The first-order chi connectivity index (χ1) is 18.9. The van der Waals surface area contributed by atoms with Crippen molar-refractivity contribution in [1.82, 2.24) is 15.5 Å². The second kappa shape index (κ2) is 12.5.